The lowest BCUT2D eigenvalue weighted by atomic mass is 9.99. The fourth-order valence-corrected chi connectivity index (χ4v) is 4.08. The van der Waals surface area contributed by atoms with Crippen LogP contribution in [0.25, 0.3) is 0 Å². The van der Waals surface area contributed by atoms with Gasteiger partial charge in [0, 0.05) is 18.7 Å². The van der Waals surface area contributed by atoms with Crippen molar-refractivity contribution in [3.63, 3.8) is 0 Å². The lowest BCUT2D eigenvalue weighted by molar-refractivity contribution is 0.0917. The molecule has 116 valence electrons. The van der Waals surface area contributed by atoms with E-state index in [2.05, 4.69) is 4.72 Å². The predicted octanol–water partition coefficient (Wildman–Crippen LogP) is 1.80. The van der Waals surface area contributed by atoms with Crippen LogP contribution < -0.4 is 4.72 Å². The van der Waals surface area contributed by atoms with E-state index in [0.717, 1.165) is 11.1 Å². The number of aryl methyl sites for hydroxylation is 2. The smallest absolute Gasteiger partial charge is 0.280 e. The first kappa shape index (κ1) is 16.1. The van der Waals surface area contributed by atoms with E-state index in [1.54, 1.807) is 13.0 Å². The van der Waals surface area contributed by atoms with Crippen LogP contribution >= 0.6 is 0 Å². The lowest BCUT2D eigenvalue weighted by Gasteiger charge is -2.23. The number of hydrogen-bond acceptors (Lipinski definition) is 3. The molecule has 1 aromatic carbocycles. The Labute approximate surface area is 126 Å². The lowest BCUT2D eigenvalue weighted by Crippen LogP contribution is -2.46. The summed E-state index contributed by atoms with van der Waals surface area (Å²) in [6.07, 6.45) is 1.29. The van der Waals surface area contributed by atoms with Crippen molar-refractivity contribution in [3.05, 3.63) is 34.9 Å². The van der Waals surface area contributed by atoms with E-state index in [1.807, 2.05) is 26.0 Å². The topological polar surface area (TPSA) is 66.5 Å². The van der Waals surface area contributed by atoms with E-state index in [1.165, 1.54) is 4.31 Å². The SMILES string of the molecule is CCNS(=O)(=O)N1CCCC1C(=O)c1ccc(C)c(C)c1. The number of carbonyl (C=O) groups excluding carboxylic acids is 1. The van der Waals surface area contributed by atoms with Gasteiger partial charge in [0.05, 0.1) is 6.04 Å². The highest BCUT2D eigenvalue weighted by Gasteiger charge is 2.38. The van der Waals surface area contributed by atoms with Crippen LogP contribution in [0.2, 0.25) is 0 Å². The van der Waals surface area contributed by atoms with Crippen LogP contribution in [0.1, 0.15) is 41.3 Å². The molecule has 0 aliphatic carbocycles. The molecule has 1 unspecified atom stereocenters. The van der Waals surface area contributed by atoms with E-state index in [9.17, 15) is 13.2 Å². The summed E-state index contributed by atoms with van der Waals surface area (Å²) in [6, 6.07) is 4.94. The van der Waals surface area contributed by atoms with Crippen LogP contribution in [0.4, 0.5) is 0 Å². The zero-order valence-corrected chi connectivity index (χ0v) is 13.5. The average Bonchev–Trinajstić information content (AvgIpc) is 2.91. The molecule has 1 aromatic rings. The molecule has 21 heavy (non-hydrogen) atoms. The van der Waals surface area contributed by atoms with Crippen LogP contribution in [0, 0.1) is 13.8 Å². The molecule has 1 N–H and O–H groups in total. The summed E-state index contributed by atoms with van der Waals surface area (Å²) in [5.74, 6) is -0.114. The zero-order valence-electron chi connectivity index (χ0n) is 12.7. The Kier molecular flexibility index (Phi) is 4.81. The molecule has 2 rings (SSSR count). The molecule has 0 saturated carbocycles. The molecule has 0 spiro atoms. The minimum Gasteiger partial charge on any atom is -0.292 e. The van der Waals surface area contributed by atoms with Crippen LogP contribution in [0.3, 0.4) is 0 Å². The van der Waals surface area contributed by atoms with Crippen molar-refractivity contribution in [2.75, 3.05) is 13.1 Å². The highest BCUT2D eigenvalue weighted by molar-refractivity contribution is 7.87. The average molecular weight is 310 g/mol. The molecule has 5 nitrogen and oxygen atoms in total. The molecular weight excluding hydrogens is 288 g/mol. The van der Waals surface area contributed by atoms with E-state index in [-0.39, 0.29) is 5.78 Å². The molecule has 1 fully saturated rings. The molecule has 1 aliphatic rings. The fraction of sp³-hybridized carbons (Fsp3) is 0.533. The van der Waals surface area contributed by atoms with Crippen molar-refractivity contribution in [2.45, 2.75) is 39.7 Å². The first-order valence-corrected chi connectivity index (χ1v) is 8.68. The largest absolute Gasteiger partial charge is 0.292 e. The van der Waals surface area contributed by atoms with Gasteiger partial charge in [-0.2, -0.15) is 12.7 Å². The van der Waals surface area contributed by atoms with Crippen molar-refractivity contribution in [1.82, 2.24) is 9.03 Å². The van der Waals surface area contributed by atoms with Crippen LogP contribution in [0.15, 0.2) is 18.2 Å². The van der Waals surface area contributed by atoms with Crippen molar-refractivity contribution >= 4 is 16.0 Å². The number of nitrogens with one attached hydrogen (secondary N) is 1. The molecule has 1 heterocycles. The summed E-state index contributed by atoms with van der Waals surface area (Å²) in [5.41, 5.74) is 2.75. The summed E-state index contributed by atoms with van der Waals surface area (Å²) in [6.45, 7) is 6.39. The van der Waals surface area contributed by atoms with Gasteiger partial charge in [0.15, 0.2) is 5.78 Å². The second-order valence-electron chi connectivity index (χ2n) is 5.43. The number of ketones is 1. The quantitative estimate of drug-likeness (QED) is 0.843. The third-order valence-corrected chi connectivity index (χ3v) is 5.64. The third kappa shape index (κ3) is 3.33. The van der Waals surface area contributed by atoms with Gasteiger partial charge < -0.3 is 0 Å². The van der Waals surface area contributed by atoms with Crippen molar-refractivity contribution in [1.29, 1.82) is 0 Å². The molecule has 1 saturated heterocycles. The van der Waals surface area contributed by atoms with Crippen molar-refractivity contribution in [2.24, 2.45) is 0 Å². The molecule has 0 bridgehead atoms. The molecule has 0 radical (unpaired) electrons. The van der Waals surface area contributed by atoms with E-state index in [0.29, 0.717) is 31.5 Å². The van der Waals surface area contributed by atoms with Crippen LogP contribution in [-0.2, 0) is 10.2 Å². The Balaban J connectivity index is 2.27. The maximum Gasteiger partial charge on any atom is 0.280 e. The summed E-state index contributed by atoms with van der Waals surface area (Å²) in [7, 11) is -3.57. The molecule has 6 heteroatoms. The molecule has 1 atom stereocenters. The maximum atomic E-state index is 12.6. The van der Waals surface area contributed by atoms with Crippen molar-refractivity contribution < 1.29 is 13.2 Å². The monoisotopic (exact) mass is 310 g/mol. The van der Waals surface area contributed by atoms with E-state index < -0.39 is 16.3 Å². The molecule has 1 aliphatic heterocycles. The number of rotatable bonds is 5. The minimum atomic E-state index is -3.57. The Morgan fingerprint density at radius 3 is 2.67 bits per heavy atom. The molecular formula is C15H22N2O3S. The van der Waals surface area contributed by atoms with Gasteiger partial charge in [0.1, 0.15) is 0 Å². The summed E-state index contributed by atoms with van der Waals surface area (Å²) >= 11 is 0. The molecule has 0 aromatic heterocycles. The van der Waals surface area contributed by atoms with Gasteiger partial charge in [-0.05, 0) is 43.9 Å². The Bertz CT molecular complexity index is 640. The van der Waals surface area contributed by atoms with Crippen LogP contribution in [0.5, 0.6) is 0 Å². The fourth-order valence-electron chi connectivity index (χ4n) is 2.64. The number of benzene rings is 1. The molecule has 0 amide bonds. The van der Waals surface area contributed by atoms with Gasteiger partial charge in [-0.1, -0.05) is 19.1 Å². The van der Waals surface area contributed by atoms with Crippen LogP contribution in [-0.4, -0.2) is 37.6 Å². The number of Topliss-reactive ketones (excluding diaryl/α,β-unsaturated/α-hetero) is 1. The van der Waals surface area contributed by atoms with E-state index >= 15 is 0 Å². The van der Waals surface area contributed by atoms with Gasteiger partial charge in [0.2, 0.25) is 0 Å². The Hall–Kier alpha value is -1.24. The van der Waals surface area contributed by atoms with Gasteiger partial charge >= 0.3 is 0 Å². The number of carbonyl (C=O) groups is 1. The number of nitrogens with zero attached hydrogens (tertiary/aromatic N) is 1. The zero-order chi connectivity index (χ0) is 15.6. The normalized spacial score (nSPS) is 19.9. The second kappa shape index (κ2) is 6.25. The van der Waals surface area contributed by atoms with E-state index in [4.69, 9.17) is 0 Å². The summed E-state index contributed by atoms with van der Waals surface area (Å²) < 4.78 is 28.1. The van der Waals surface area contributed by atoms with Crippen molar-refractivity contribution in [3.8, 4) is 0 Å². The number of hydrogen-bond donors (Lipinski definition) is 1. The standard InChI is InChI=1S/C15H22N2O3S/c1-4-16-21(19,20)17-9-5-6-14(17)15(18)13-8-7-11(2)12(3)10-13/h7-8,10,14,16H,4-6,9H2,1-3H3. The van der Waals surface area contributed by atoms with Gasteiger partial charge in [0.25, 0.3) is 10.2 Å². The summed E-state index contributed by atoms with van der Waals surface area (Å²) in [5, 5.41) is 0. The predicted molar refractivity (Wildman–Crippen MR) is 82.6 cm³/mol. The third-order valence-electron chi connectivity index (χ3n) is 3.93. The summed E-state index contributed by atoms with van der Waals surface area (Å²) in [4.78, 5) is 12.6. The Morgan fingerprint density at radius 2 is 2.05 bits per heavy atom. The van der Waals surface area contributed by atoms with Gasteiger partial charge in [-0.3, -0.25) is 4.79 Å². The Morgan fingerprint density at radius 1 is 1.33 bits per heavy atom. The first-order chi connectivity index (χ1) is 9.86. The van der Waals surface area contributed by atoms with Gasteiger partial charge in [-0.25, -0.2) is 4.72 Å². The highest BCUT2D eigenvalue weighted by atomic mass is 32.2. The first-order valence-electron chi connectivity index (χ1n) is 7.24. The highest BCUT2D eigenvalue weighted by Crippen LogP contribution is 2.24. The minimum absolute atomic E-state index is 0.114. The maximum absolute atomic E-state index is 12.6. The van der Waals surface area contributed by atoms with Gasteiger partial charge in [-0.15, -0.1) is 0 Å². The second-order valence-corrected chi connectivity index (χ2v) is 7.14.